The summed E-state index contributed by atoms with van der Waals surface area (Å²) >= 11 is 0. The zero-order chi connectivity index (χ0) is 16.6. The van der Waals surface area contributed by atoms with Crippen molar-refractivity contribution in [1.29, 1.82) is 0 Å². The highest BCUT2D eigenvalue weighted by molar-refractivity contribution is 14.0. The standard InChI is InChI=1S/C17H36N4O2.HI/c1-3-18-17(20-10-14-23-16-15-22-2)19-9-8-13-21-11-6-4-5-7-12-21;/h3-16H2,1-2H3,(H2,18,19,20);1H. The lowest BCUT2D eigenvalue weighted by molar-refractivity contribution is 0.0733. The van der Waals surface area contributed by atoms with Gasteiger partial charge in [-0.3, -0.25) is 4.99 Å². The molecule has 7 heteroatoms. The number of halogens is 1. The molecule has 0 amide bonds. The molecule has 0 saturated carbocycles. The van der Waals surface area contributed by atoms with E-state index in [-0.39, 0.29) is 24.0 Å². The van der Waals surface area contributed by atoms with Gasteiger partial charge in [0.2, 0.25) is 0 Å². The highest BCUT2D eigenvalue weighted by Gasteiger charge is 2.07. The van der Waals surface area contributed by atoms with Crippen molar-refractivity contribution in [2.45, 2.75) is 39.0 Å². The average molecular weight is 456 g/mol. The van der Waals surface area contributed by atoms with Crippen molar-refractivity contribution in [3.63, 3.8) is 0 Å². The number of methoxy groups -OCH3 is 1. The molecule has 0 radical (unpaired) electrons. The average Bonchev–Trinajstić information content (AvgIpc) is 2.83. The van der Waals surface area contributed by atoms with Crippen LogP contribution < -0.4 is 10.6 Å². The Morgan fingerprint density at radius 3 is 2.46 bits per heavy atom. The molecule has 0 aromatic heterocycles. The fraction of sp³-hybridized carbons (Fsp3) is 0.941. The van der Waals surface area contributed by atoms with Crippen molar-refractivity contribution in [3.05, 3.63) is 0 Å². The topological polar surface area (TPSA) is 58.1 Å². The number of likely N-dealkylation sites (tertiary alicyclic amines) is 1. The van der Waals surface area contributed by atoms with Crippen molar-refractivity contribution in [2.24, 2.45) is 4.99 Å². The van der Waals surface area contributed by atoms with Crippen LogP contribution in [-0.4, -0.2) is 77.1 Å². The van der Waals surface area contributed by atoms with Crippen LogP contribution in [0.2, 0.25) is 0 Å². The van der Waals surface area contributed by atoms with Crippen molar-refractivity contribution < 1.29 is 9.47 Å². The fourth-order valence-corrected chi connectivity index (χ4v) is 2.67. The number of guanidine groups is 1. The molecular weight excluding hydrogens is 419 g/mol. The van der Waals surface area contributed by atoms with Gasteiger partial charge in [0.1, 0.15) is 0 Å². The van der Waals surface area contributed by atoms with Crippen molar-refractivity contribution in [3.8, 4) is 0 Å². The molecule has 0 aliphatic carbocycles. The van der Waals surface area contributed by atoms with Gasteiger partial charge in [-0.1, -0.05) is 12.8 Å². The molecule has 1 rings (SSSR count). The lowest BCUT2D eigenvalue weighted by Gasteiger charge is -2.19. The molecule has 0 aromatic carbocycles. The molecule has 2 N–H and O–H groups in total. The van der Waals surface area contributed by atoms with Gasteiger partial charge in [-0.25, -0.2) is 0 Å². The molecule has 0 bridgehead atoms. The van der Waals surface area contributed by atoms with E-state index < -0.39 is 0 Å². The van der Waals surface area contributed by atoms with Crippen LogP contribution in [0.15, 0.2) is 4.99 Å². The van der Waals surface area contributed by atoms with E-state index in [9.17, 15) is 0 Å². The Hall–Kier alpha value is -0.120. The minimum atomic E-state index is 0. The van der Waals surface area contributed by atoms with Crippen molar-refractivity contribution in [1.82, 2.24) is 15.5 Å². The van der Waals surface area contributed by atoms with Crippen LogP contribution in [0.25, 0.3) is 0 Å². The Bertz CT molecular complexity index is 298. The summed E-state index contributed by atoms with van der Waals surface area (Å²) in [5, 5.41) is 6.58. The van der Waals surface area contributed by atoms with Crippen LogP contribution in [0.3, 0.4) is 0 Å². The number of nitrogens with one attached hydrogen (secondary N) is 2. The molecule has 6 nitrogen and oxygen atoms in total. The minimum Gasteiger partial charge on any atom is -0.382 e. The summed E-state index contributed by atoms with van der Waals surface area (Å²) in [6, 6.07) is 0. The molecule has 144 valence electrons. The SMILES string of the molecule is CCNC(=NCCCN1CCCCCC1)NCCOCCOC.I. The molecule has 1 fully saturated rings. The van der Waals surface area contributed by atoms with Crippen molar-refractivity contribution in [2.75, 3.05) is 66.2 Å². The van der Waals surface area contributed by atoms with Crippen LogP contribution in [0.5, 0.6) is 0 Å². The first-order chi connectivity index (χ1) is 11.4. The van der Waals surface area contributed by atoms with Crippen LogP contribution in [-0.2, 0) is 9.47 Å². The van der Waals surface area contributed by atoms with Crippen molar-refractivity contribution >= 4 is 29.9 Å². The number of hydrogen-bond donors (Lipinski definition) is 2. The van der Waals surface area contributed by atoms with E-state index >= 15 is 0 Å². The number of hydrogen-bond acceptors (Lipinski definition) is 4. The molecule has 24 heavy (non-hydrogen) atoms. The van der Waals surface area contributed by atoms with Crippen LogP contribution in [0, 0.1) is 0 Å². The highest BCUT2D eigenvalue weighted by atomic mass is 127. The Morgan fingerprint density at radius 2 is 1.79 bits per heavy atom. The quantitative estimate of drug-likeness (QED) is 0.216. The van der Waals surface area contributed by atoms with Gasteiger partial charge in [0, 0.05) is 26.7 Å². The third-order valence-electron chi connectivity index (χ3n) is 3.92. The Morgan fingerprint density at radius 1 is 1.04 bits per heavy atom. The Labute approximate surface area is 165 Å². The molecule has 1 heterocycles. The van der Waals surface area contributed by atoms with E-state index in [0.717, 1.165) is 32.0 Å². The van der Waals surface area contributed by atoms with Crippen LogP contribution >= 0.6 is 24.0 Å². The largest absolute Gasteiger partial charge is 0.382 e. The summed E-state index contributed by atoms with van der Waals surface area (Å²) < 4.78 is 10.4. The zero-order valence-corrected chi connectivity index (χ0v) is 17.8. The van der Waals surface area contributed by atoms with Gasteiger partial charge in [0.25, 0.3) is 0 Å². The monoisotopic (exact) mass is 456 g/mol. The smallest absolute Gasteiger partial charge is 0.191 e. The highest BCUT2D eigenvalue weighted by Crippen LogP contribution is 2.09. The Balaban J connectivity index is 0.00000529. The van der Waals surface area contributed by atoms with Gasteiger partial charge in [0.15, 0.2) is 5.96 Å². The van der Waals surface area contributed by atoms with Gasteiger partial charge < -0.3 is 25.0 Å². The number of ether oxygens (including phenoxy) is 2. The van der Waals surface area contributed by atoms with E-state index in [1.54, 1.807) is 7.11 Å². The van der Waals surface area contributed by atoms with Gasteiger partial charge in [-0.05, 0) is 45.8 Å². The second-order valence-corrected chi connectivity index (χ2v) is 5.90. The molecular formula is C17H37IN4O2. The molecule has 0 atom stereocenters. The van der Waals surface area contributed by atoms with E-state index in [2.05, 4.69) is 27.4 Å². The predicted molar refractivity (Wildman–Crippen MR) is 112 cm³/mol. The maximum atomic E-state index is 5.44. The maximum absolute atomic E-state index is 5.44. The first kappa shape index (κ1) is 23.9. The third kappa shape index (κ3) is 13.2. The lowest BCUT2D eigenvalue weighted by atomic mass is 10.2. The van der Waals surface area contributed by atoms with Crippen LogP contribution in [0.4, 0.5) is 0 Å². The number of nitrogens with zero attached hydrogens (tertiary/aromatic N) is 2. The second-order valence-electron chi connectivity index (χ2n) is 5.90. The third-order valence-corrected chi connectivity index (χ3v) is 3.92. The maximum Gasteiger partial charge on any atom is 0.191 e. The summed E-state index contributed by atoms with van der Waals surface area (Å²) in [6.07, 6.45) is 6.64. The van der Waals surface area contributed by atoms with Gasteiger partial charge >= 0.3 is 0 Å². The number of rotatable bonds is 11. The van der Waals surface area contributed by atoms with E-state index in [1.807, 2.05) is 0 Å². The van der Waals surface area contributed by atoms with Gasteiger partial charge in [-0.15, -0.1) is 24.0 Å². The minimum absolute atomic E-state index is 0. The second kappa shape index (κ2) is 17.7. The summed E-state index contributed by atoms with van der Waals surface area (Å²) in [4.78, 5) is 7.23. The predicted octanol–water partition coefficient (Wildman–Crippen LogP) is 2.09. The lowest BCUT2D eigenvalue weighted by Crippen LogP contribution is -2.39. The summed E-state index contributed by atoms with van der Waals surface area (Å²) in [6.45, 7) is 10.3. The van der Waals surface area contributed by atoms with E-state index in [4.69, 9.17) is 9.47 Å². The molecule has 1 aliphatic rings. The Kier molecular flexibility index (Phi) is 17.6. The van der Waals surface area contributed by atoms with E-state index in [1.165, 1.54) is 45.3 Å². The van der Waals surface area contributed by atoms with E-state index in [0.29, 0.717) is 19.8 Å². The molecule has 0 aromatic rings. The summed E-state index contributed by atoms with van der Waals surface area (Å²) in [7, 11) is 1.68. The normalized spacial score (nSPS) is 16.3. The molecule has 1 aliphatic heterocycles. The fourth-order valence-electron chi connectivity index (χ4n) is 2.67. The van der Waals surface area contributed by atoms with Crippen LogP contribution in [0.1, 0.15) is 39.0 Å². The van der Waals surface area contributed by atoms with Gasteiger partial charge in [-0.2, -0.15) is 0 Å². The molecule has 0 spiro atoms. The summed E-state index contributed by atoms with van der Waals surface area (Å²) in [5.74, 6) is 0.888. The number of aliphatic imine (C=N–C) groups is 1. The first-order valence-corrected chi connectivity index (χ1v) is 9.18. The molecule has 1 saturated heterocycles. The zero-order valence-electron chi connectivity index (χ0n) is 15.5. The summed E-state index contributed by atoms with van der Waals surface area (Å²) in [5.41, 5.74) is 0. The van der Waals surface area contributed by atoms with Gasteiger partial charge in [0.05, 0.1) is 19.8 Å². The first-order valence-electron chi connectivity index (χ1n) is 9.18. The molecule has 0 unspecified atom stereocenters.